The normalized spacial score (nSPS) is 11.6. The van der Waals surface area contributed by atoms with Crippen LogP contribution in [0.3, 0.4) is 0 Å². The molecular weight excluding hydrogens is 993 g/mol. The van der Waals surface area contributed by atoms with Crippen molar-refractivity contribution in [3.63, 3.8) is 0 Å². The number of benzene rings is 2. The molecular formula is C54H88N4O18. The molecule has 0 aliphatic carbocycles. The second-order valence-electron chi connectivity index (χ2n) is 17.0. The lowest BCUT2D eigenvalue weighted by atomic mass is 10.0. The first-order chi connectivity index (χ1) is 37.3. The standard InChI is InChI=1S/C54H88N4O18/c1-64-23-25-66-27-29-68-31-33-70-35-37-72-39-41-74-44-51(60)55-21-9-8-15-49(57-52(61)45-75-42-40-73-38-36-71-34-32-69-30-28-67-26-24-65-2)54(63)56-22-10-16-53(62)76-58-50(59)43-48-19-17-47(18-20-48)14-7-6-13-46-11-4-3-5-12-46/h3-5,11-12,17-20,49H,6-10,13-16,21-45H2,1-2H3,(H,55,60)(H,56,63)(H,57,61)(H,58,59)/t49-/m0/s1. The second-order valence-corrected chi connectivity index (χ2v) is 17.0. The van der Waals surface area contributed by atoms with Crippen molar-refractivity contribution in [2.24, 2.45) is 0 Å². The average Bonchev–Trinajstić information content (AvgIpc) is 3.42. The number of methoxy groups -OCH3 is 2. The van der Waals surface area contributed by atoms with E-state index in [1.54, 1.807) is 14.2 Å². The summed E-state index contributed by atoms with van der Waals surface area (Å²) in [7, 11) is 3.24. The number of hydroxylamine groups is 1. The lowest BCUT2D eigenvalue weighted by Crippen LogP contribution is -2.48. The summed E-state index contributed by atoms with van der Waals surface area (Å²) in [6.07, 6.45) is 5.61. The van der Waals surface area contributed by atoms with E-state index in [1.807, 2.05) is 30.3 Å². The predicted molar refractivity (Wildman–Crippen MR) is 280 cm³/mol. The number of hydrogen-bond donors (Lipinski definition) is 4. The lowest BCUT2D eigenvalue weighted by molar-refractivity contribution is -0.158. The van der Waals surface area contributed by atoms with Gasteiger partial charge in [0.05, 0.1) is 139 Å². The molecule has 0 aromatic heterocycles. The van der Waals surface area contributed by atoms with Crippen molar-refractivity contribution in [1.82, 2.24) is 21.4 Å². The highest BCUT2D eigenvalue weighted by molar-refractivity contribution is 5.88. The molecule has 0 heterocycles. The van der Waals surface area contributed by atoms with E-state index < -0.39 is 29.7 Å². The highest BCUT2D eigenvalue weighted by Gasteiger charge is 2.21. The first-order valence-electron chi connectivity index (χ1n) is 26.5. The Kier molecular flexibility index (Phi) is 44.2. The lowest BCUT2D eigenvalue weighted by Gasteiger charge is -2.19. The Morgan fingerprint density at radius 1 is 0.421 bits per heavy atom. The van der Waals surface area contributed by atoms with Crippen molar-refractivity contribution >= 4 is 29.6 Å². The highest BCUT2D eigenvalue weighted by atomic mass is 16.7. The third-order valence-corrected chi connectivity index (χ3v) is 10.7. The van der Waals surface area contributed by atoms with Gasteiger partial charge in [0, 0.05) is 33.7 Å². The number of hydrogen-bond acceptors (Lipinski definition) is 18. The Balaban J connectivity index is 1.63. The molecule has 4 amide bonds. The molecule has 432 valence electrons. The average molecular weight is 1080 g/mol. The first-order valence-corrected chi connectivity index (χ1v) is 26.5. The van der Waals surface area contributed by atoms with Crippen molar-refractivity contribution in [2.75, 3.05) is 173 Å². The Morgan fingerprint density at radius 2 is 0.842 bits per heavy atom. The molecule has 2 rings (SSSR count). The zero-order valence-corrected chi connectivity index (χ0v) is 45.2. The molecule has 0 fully saturated rings. The molecule has 0 saturated heterocycles. The number of unbranched alkanes of at least 4 members (excludes halogenated alkanes) is 2. The van der Waals surface area contributed by atoms with Crippen LogP contribution in [0.4, 0.5) is 0 Å². The van der Waals surface area contributed by atoms with Gasteiger partial charge >= 0.3 is 5.97 Å². The van der Waals surface area contributed by atoms with Crippen LogP contribution in [-0.2, 0) is 105 Å². The summed E-state index contributed by atoms with van der Waals surface area (Å²) < 4.78 is 64.1. The van der Waals surface area contributed by atoms with Crippen LogP contribution in [0.2, 0.25) is 0 Å². The first kappa shape index (κ1) is 67.4. The van der Waals surface area contributed by atoms with Gasteiger partial charge in [0.2, 0.25) is 17.7 Å². The number of carbonyl (C=O) groups excluding carboxylic acids is 5. The predicted octanol–water partition coefficient (Wildman–Crippen LogP) is 2.50. The third-order valence-electron chi connectivity index (χ3n) is 10.7. The molecule has 0 aliphatic rings. The van der Waals surface area contributed by atoms with Gasteiger partial charge < -0.3 is 77.6 Å². The molecule has 2 aromatic carbocycles. The van der Waals surface area contributed by atoms with Gasteiger partial charge in [0.15, 0.2) is 0 Å². The third kappa shape index (κ3) is 41.5. The fourth-order valence-electron chi connectivity index (χ4n) is 6.71. The van der Waals surface area contributed by atoms with Crippen molar-refractivity contribution in [1.29, 1.82) is 0 Å². The van der Waals surface area contributed by atoms with E-state index in [9.17, 15) is 24.0 Å². The Labute approximate surface area is 449 Å². The number of aryl methyl sites for hydroxylation is 2. The van der Waals surface area contributed by atoms with Gasteiger partial charge in [-0.15, -0.1) is 0 Å². The fourth-order valence-corrected chi connectivity index (χ4v) is 6.71. The minimum Gasteiger partial charge on any atom is -0.382 e. The number of amides is 4. The summed E-state index contributed by atoms with van der Waals surface area (Å²) in [6, 6.07) is 17.3. The summed E-state index contributed by atoms with van der Waals surface area (Å²) in [5.74, 6) is -2.37. The monoisotopic (exact) mass is 1080 g/mol. The highest BCUT2D eigenvalue weighted by Crippen LogP contribution is 2.11. The molecule has 22 heteroatoms. The van der Waals surface area contributed by atoms with Gasteiger partial charge in [-0.3, -0.25) is 19.2 Å². The van der Waals surface area contributed by atoms with Crippen LogP contribution in [0.15, 0.2) is 54.6 Å². The maximum Gasteiger partial charge on any atom is 0.332 e. The van der Waals surface area contributed by atoms with Crippen molar-refractivity contribution in [3.8, 4) is 0 Å². The van der Waals surface area contributed by atoms with Crippen LogP contribution in [0.25, 0.3) is 0 Å². The molecule has 76 heavy (non-hydrogen) atoms. The summed E-state index contributed by atoms with van der Waals surface area (Å²) >= 11 is 0. The minimum absolute atomic E-state index is 0.0462. The zero-order valence-electron chi connectivity index (χ0n) is 45.2. The van der Waals surface area contributed by atoms with Crippen LogP contribution in [-0.4, -0.2) is 208 Å². The van der Waals surface area contributed by atoms with Crippen LogP contribution in [0, 0.1) is 0 Å². The second kappa shape index (κ2) is 49.9. The molecule has 2 aromatic rings. The molecule has 22 nitrogen and oxygen atoms in total. The molecule has 4 N–H and O–H groups in total. The molecule has 0 spiro atoms. The number of nitrogens with one attached hydrogen (secondary N) is 4. The number of ether oxygens (including phenoxy) is 12. The van der Waals surface area contributed by atoms with Gasteiger partial charge in [-0.05, 0) is 68.1 Å². The molecule has 0 unspecified atom stereocenters. The van der Waals surface area contributed by atoms with Gasteiger partial charge in [-0.25, -0.2) is 4.79 Å². The van der Waals surface area contributed by atoms with Crippen molar-refractivity contribution in [3.05, 3.63) is 71.3 Å². The maximum absolute atomic E-state index is 13.3. The van der Waals surface area contributed by atoms with E-state index in [1.165, 1.54) is 11.1 Å². The Hall–Kier alpha value is -4.69. The largest absolute Gasteiger partial charge is 0.382 e. The van der Waals surface area contributed by atoms with E-state index in [2.05, 4.69) is 45.7 Å². The maximum atomic E-state index is 13.3. The summed E-state index contributed by atoms with van der Waals surface area (Å²) in [6.45, 7) is 8.21. The van der Waals surface area contributed by atoms with E-state index >= 15 is 0 Å². The molecule has 1 atom stereocenters. The molecule has 0 bridgehead atoms. The number of rotatable bonds is 52. The minimum atomic E-state index is -0.911. The van der Waals surface area contributed by atoms with Crippen molar-refractivity contribution < 1.29 is 85.7 Å². The summed E-state index contributed by atoms with van der Waals surface area (Å²) in [5.41, 5.74) is 5.52. The molecule has 0 radical (unpaired) electrons. The molecule has 0 saturated carbocycles. The van der Waals surface area contributed by atoms with Crippen LogP contribution >= 0.6 is 0 Å². The fraction of sp³-hybridized carbons (Fsp3) is 0.685. The summed E-state index contributed by atoms with van der Waals surface area (Å²) in [5, 5.41) is 8.27. The van der Waals surface area contributed by atoms with E-state index in [0.717, 1.165) is 31.2 Å². The van der Waals surface area contributed by atoms with Gasteiger partial charge in [0.1, 0.15) is 19.3 Å². The Morgan fingerprint density at radius 3 is 1.33 bits per heavy atom. The van der Waals surface area contributed by atoms with Crippen molar-refractivity contribution in [2.45, 2.75) is 70.3 Å². The van der Waals surface area contributed by atoms with Crippen LogP contribution in [0.5, 0.6) is 0 Å². The summed E-state index contributed by atoms with van der Waals surface area (Å²) in [4.78, 5) is 68.3. The number of carbonyl (C=O) groups is 5. The van der Waals surface area contributed by atoms with E-state index in [4.69, 9.17) is 61.7 Å². The van der Waals surface area contributed by atoms with E-state index in [0.29, 0.717) is 132 Å². The van der Waals surface area contributed by atoms with E-state index in [-0.39, 0.29) is 71.2 Å². The van der Waals surface area contributed by atoms with Crippen LogP contribution < -0.4 is 21.4 Å². The van der Waals surface area contributed by atoms with Gasteiger partial charge in [-0.2, -0.15) is 5.48 Å². The van der Waals surface area contributed by atoms with Gasteiger partial charge in [-0.1, -0.05) is 54.6 Å². The Bertz CT molecular complexity index is 1730. The quantitative estimate of drug-likeness (QED) is 0.0549. The SMILES string of the molecule is COCCOCCOCCOCCOCCOCC(=O)NCCCC[C@H](NC(=O)COCCOCCOCCOCCOCCOC)C(=O)NCCCC(=O)ONC(=O)Cc1ccc(CCCCc2ccccc2)cc1. The topological polar surface area (TPSA) is 253 Å². The smallest absolute Gasteiger partial charge is 0.332 e. The zero-order chi connectivity index (χ0) is 54.6. The molecule has 0 aliphatic heterocycles. The van der Waals surface area contributed by atoms with Crippen LogP contribution in [0.1, 0.15) is 61.6 Å². The van der Waals surface area contributed by atoms with Gasteiger partial charge in [0.25, 0.3) is 5.91 Å².